The minimum absolute atomic E-state index is 0.0318. The maximum Gasteiger partial charge on any atom is 0.416 e. The Labute approximate surface area is 132 Å². The van der Waals surface area contributed by atoms with E-state index in [-0.39, 0.29) is 12.5 Å². The lowest BCUT2D eigenvalue weighted by Crippen LogP contribution is -2.42. The lowest BCUT2D eigenvalue weighted by Gasteiger charge is -2.23. The van der Waals surface area contributed by atoms with Gasteiger partial charge in [0, 0.05) is 7.05 Å². The van der Waals surface area contributed by atoms with Gasteiger partial charge >= 0.3 is 12.2 Å². The molecule has 23 heavy (non-hydrogen) atoms. The average Bonchev–Trinajstić information content (AvgIpc) is 2.49. The Bertz CT molecular complexity index is 542. The van der Waals surface area contributed by atoms with E-state index in [0.29, 0.717) is 5.56 Å². The van der Waals surface area contributed by atoms with E-state index in [4.69, 9.17) is 0 Å². The number of urea groups is 1. The molecule has 8 heteroatoms. The van der Waals surface area contributed by atoms with Gasteiger partial charge in [-0.25, -0.2) is 4.79 Å². The molecule has 0 spiro atoms. The SMILES string of the molecule is CNC(=O)NCC(=O)NC(c1ccc(C(F)(F)F)cc1)C(C)C. The van der Waals surface area contributed by atoms with Crippen LogP contribution in [0.25, 0.3) is 0 Å². The monoisotopic (exact) mass is 331 g/mol. The maximum atomic E-state index is 12.6. The number of amides is 3. The fourth-order valence-corrected chi connectivity index (χ4v) is 1.99. The molecule has 0 aliphatic heterocycles. The first kappa shape index (κ1) is 18.8. The second-order valence-corrected chi connectivity index (χ2v) is 5.34. The van der Waals surface area contributed by atoms with Gasteiger partial charge in [-0.2, -0.15) is 13.2 Å². The summed E-state index contributed by atoms with van der Waals surface area (Å²) in [6.07, 6.45) is -4.40. The van der Waals surface area contributed by atoms with Crippen LogP contribution in [-0.2, 0) is 11.0 Å². The number of hydrogen-bond acceptors (Lipinski definition) is 2. The molecule has 1 unspecified atom stereocenters. The van der Waals surface area contributed by atoms with Crippen molar-refractivity contribution in [1.82, 2.24) is 16.0 Å². The predicted octanol–water partition coefficient (Wildman–Crippen LogP) is 2.45. The van der Waals surface area contributed by atoms with Crippen molar-refractivity contribution in [3.63, 3.8) is 0 Å². The number of rotatable bonds is 5. The van der Waals surface area contributed by atoms with Gasteiger partial charge in [0.2, 0.25) is 5.91 Å². The van der Waals surface area contributed by atoms with E-state index < -0.39 is 29.7 Å². The molecule has 0 radical (unpaired) electrons. The van der Waals surface area contributed by atoms with Crippen LogP contribution in [0.5, 0.6) is 0 Å². The van der Waals surface area contributed by atoms with Gasteiger partial charge < -0.3 is 16.0 Å². The van der Waals surface area contributed by atoms with Crippen LogP contribution in [0.2, 0.25) is 0 Å². The van der Waals surface area contributed by atoms with E-state index in [1.807, 2.05) is 13.8 Å². The van der Waals surface area contributed by atoms with Crippen molar-refractivity contribution in [2.24, 2.45) is 5.92 Å². The molecule has 128 valence electrons. The Morgan fingerprint density at radius 2 is 1.70 bits per heavy atom. The summed E-state index contributed by atoms with van der Waals surface area (Å²) >= 11 is 0. The van der Waals surface area contributed by atoms with Crippen molar-refractivity contribution in [1.29, 1.82) is 0 Å². The standard InChI is InChI=1S/C15H20F3N3O2/c1-9(2)13(21-12(22)8-20-14(23)19-3)10-4-6-11(7-5-10)15(16,17)18/h4-7,9,13H,8H2,1-3H3,(H,21,22)(H2,19,20,23). The summed E-state index contributed by atoms with van der Waals surface area (Å²) in [6.45, 7) is 3.47. The zero-order chi connectivity index (χ0) is 17.6. The molecule has 0 heterocycles. The zero-order valence-corrected chi connectivity index (χ0v) is 13.1. The third-order valence-corrected chi connectivity index (χ3v) is 3.22. The summed E-state index contributed by atoms with van der Waals surface area (Å²) in [5, 5.41) is 7.37. The molecule has 1 aromatic carbocycles. The summed E-state index contributed by atoms with van der Waals surface area (Å²) in [4.78, 5) is 22.9. The second-order valence-electron chi connectivity index (χ2n) is 5.34. The number of benzene rings is 1. The van der Waals surface area contributed by atoms with Crippen LogP contribution in [-0.4, -0.2) is 25.5 Å². The molecule has 0 bridgehead atoms. The molecule has 5 nitrogen and oxygen atoms in total. The van der Waals surface area contributed by atoms with Gasteiger partial charge in [-0.1, -0.05) is 26.0 Å². The maximum absolute atomic E-state index is 12.6. The first-order valence-electron chi connectivity index (χ1n) is 7.07. The number of alkyl halides is 3. The zero-order valence-electron chi connectivity index (χ0n) is 13.1. The molecule has 0 aliphatic carbocycles. The molecule has 0 aliphatic rings. The lowest BCUT2D eigenvalue weighted by atomic mass is 9.95. The molecule has 3 N–H and O–H groups in total. The van der Waals surface area contributed by atoms with Crippen molar-refractivity contribution >= 4 is 11.9 Å². The summed E-state index contributed by atoms with van der Waals surface area (Å²) in [6, 6.07) is 3.73. The normalized spacial score (nSPS) is 12.7. The van der Waals surface area contributed by atoms with Crippen molar-refractivity contribution in [2.75, 3.05) is 13.6 Å². The highest BCUT2D eigenvalue weighted by Crippen LogP contribution is 2.31. The van der Waals surface area contributed by atoms with Gasteiger partial charge in [-0.3, -0.25) is 4.79 Å². The molecule has 0 aromatic heterocycles. The minimum atomic E-state index is -4.40. The van der Waals surface area contributed by atoms with Gasteiger partial charge in [0.05, 0.1) is 18.2 Å². The summed E-state index contributed by atoms with van der Waals surface area (Å²) in [7, 11) is 1.42. The highest BCUT2D eigenvalue weighted by Gasteiger charge is 2.30. The van der Waals surface area contributed by atoms with Crippen molar-refractivity contribution in [2.45, 2.75) is 26.1 Å². The third kappa shape index (κ3) is 5.80. The van der Waals surface area contributed by atoms with E-state index in [1.54, 1.807) is 0 Å². The van der Waals surface area contributed by atoms with E-state index in [1.165, 1.54) is 19.2 Å². The largest absolute Gasteiger partial charge is 0.416 e. The summed E-state index contributed by atoms with van der Waals surface area (Å²) in [5.41, 5.74) is -0.169. The van der Waals surface area contributed by atoms with Crippen LogP contribution in [0.1, 0.15) is 31.0 Å². The van der Waals surface area contributed by atoms with E-state index in [0.717, 1.165) is 12.1 Å². The molecule has 3 amide bonds. The van der Waals surface area contributed by atoms with Crippen LogP contribution in [0.15, 0.2) is 24.3 Å². The van der Waals surface area contributed by atoms with Crippen molar-refractivity contribution in [3.8, 4) is 0 Å². The van der Waals surface area contributed by atoms with Gasteiger partial charge in [-0.05, 0) is 23.6 Å². The highest BCUT2D eigenvalue weighted by atomic mass is 19.4. The quantitative estimate of drug-likeness (QED) is 0.776. The predicted molar refractivity (Wildman–Crippen MR) is 79.6 cm³/mol. The van der Waals surface area contributed by atoms with Crippen LogP contribution >= 0.6 is 0 Å². The van der Waals surface area contributed by atoms with Crippen LogP contribution < -0.4 is 16.0 Å². The number of hydrogen-bond donors (Lipinski definition) is 3. The van der Waals surface area contributed by atoms with Crippen LogP contribution in [0, 0.1) is 5.92 Å². The molecule has 0 fully saturated rings. The molecular weight excluding hydrogens is 311 g/mol. The average molecular weight is 331 g/mol. The molecule has 1 rings (SSSR count). The minimum Gasteiger partial charge on any atom is -0.348 e. The molecule has 0 saturated carbocycles. The summed E-state index contributed by atoms with van der Waals surface area (Å²) in [5.74, 6) is -0.456. The first-order chi connectivity index (χ1) is 10.6. The third-order valence-electron chi connectivity index (χ3n) is 3.22. The van der Waals surface area contributed by atoms with Crippen molar-refractivity contribution < 1.29 is 22.8 Å². The molecule has 1 aromatic rings. The highest BCUT2D eigenvalue weighted by molar-refractivity contribution is 5.84. The Morgan fingerprint density at radius 1 is 1.13 bits per heavy atom. The van der Waals surface area contributed by atoms with Gasteiger partial charge in [0.1, 0.15) is 0 Å². The number of halogens is 3. The molecule has 0 saturated heterocycles. The van der Waals surface area contributed by atoms with E-state index in [2.05, 4.69) is 16.0 Å². The number of carbonyl (C=O) groups excluding carboxylic acids is 2. The Morgan fingerprint density at radius 3 is 2.13 bits per heavy atom. The fraction of sp³-hybridized carbons (Fsp3) is 0.467. The summed E-state index contributed by atoms with van der Waals surface area (Å²) < 4.78 is 37.7. The topological polar surface area (TPSA) is 70.2 Å². The fourth-order valence-electron chi connectivity index (χ4n) is 1.99. The smallest absolute Gasteiger partial charge is 0.348 e. The first-order valence-corrected chi connectivity index (χ1v) is 7.07. The Kier molecular flexibility index (Phi) is 6.41. The molecular formula is C15H20F3N3O2. The lowest BCUT2D eigenvalue weighted by molar-refractivity contribution is -0.137. The Hall–Kier alpha value is -2.25. The van der Waals surface area contributed by atoms with Gasteiger partial charge in [-0.15, -0.1) is 0 Å². The van der Waals surface area contributed by atoms with E-state index in [9.17, 15) is 22.8 Å². The number of nitrogens with one attached hydrogen (secondary N) is 3. The van der Waals surface area contributed by atoms with Gasteiger partial charge in [0.25, 0.3) is 0 Å². The Balaban J connectivity index is 2.79. The van der Waals surface area contributed by atoms with E-state index >= 15 is 0 Å². The number of carbonyl (C=O) groups is 2. The second kappa shape index (κ2) is 7.85. The van der Waals surface area contributed by atoms with Gasteiger partial charge in [0.15, 0.2) is 0 Å². The van der Waals surface area contributed by atoms with Crippen LogP contribution in [0.3, 0.4) is 0 Å². The molecule has 1 atom stereocenters. The van der Waals surface area contributed by atoms with Crippen molar-refractivity contribution in [3.05, 3.63) is 35.4 Å². The van der Waals surface area contributed by atoms with Crippen LogP contribution in [0.4, 0.5) is 18.0 Å².